The van der Waals surface area contributed by atoms with E-state index in [-0.39, 0.29) is 0 Å². The summed E-state index contributed by atoms with van der Waals surface area (Å²) >= 11 is 0. The maximum atomic E-state index is 10.7. The molecule has 6 heteroatoms. The Bertz CT molecular complexity index is 56.9. The third-order valence-electron chi connectivity index (χ3n) is 0.146. The van der Waals surface area contributed by atoms with Gasteiger partial charge in [0.05, 0.1) is 0 Å². The van der Waals surface area contributed by atoms with Crippen LogP contribution < -0.4 is 0 Å². The minimum atomic E-state index is -3.11. The van der Waals surface area contributed by atoms with Gasteiger partial charge in [-0.2, -0.15) is 13.8 Å². The van der Waals surface area contributed by atoms with E-state index in [2.05, 4.69) is 9.88 Å². The molecule has 0 aliphatic heterocycles. The summed E-state index contributed by atoms with van der Waals surface area (Å²) in [5.41, 5.74) is 0. The molecule has 0 heterocycles. The van der Waals surface area contributed by atoms with Gasteiger partial charge in [-0.05, 0) is 0 Å². The van der Waals surface area contributed by atoms with E-state index in [0.717, 1.165) is 0 Å². The molecule has 42 valence electrons. The molecule has 0 amide bonds. The van der Waals surface area contributed by atoms with Crippen LogP contribution in [0.5, 0.6) is 0 Å². The lowest BCUT2D eigenvalue weighted by Crippen LogP contribution is -1.94. The summed E-state index contributed by atoms with van der Waals surface area (Å²) < 4.78 is 21.4. The molecule has 0 bridgehead atoms. The van der Waals surface area contributed by atoms with Gasteiger partial charge in [0.25, 0.3) is 0 Å². The Kier molecular flexibility index (Phi) is 3.03. The van der Waals surface area contributed by atoms with E-state index in [1.165, 1.54) is 5.34 Å². The molecule has 0 N–H and O–H groups in total. The highest BCUT2D eigenvalue weighted by atomic mass is 19.3. The predicted molar refractivity (Wildman–Crippen MR) is 14.0 cm³/mol. The van der Waals surface area contributed by atoms with Gasteiger partial charge >= 0.3 is 6.61 Å². The molecule has 0 fully saturated rings. The van der Waals surface area contributed by atoms with Gasteiger partial charge in [0.1, 0.15) is 0 Å². The number of halogens is 2. The van der Waals surface area contributed by atoms with E-state index in [0.29, 0.717) is 0 Å². The molecule has 0 radical (unpaired) electrons. The molecule has 0 saturated heterocycles. The summed E-state index contributed by atoms with van der Waals surface area (Å²) in [5, 5.41) is 1.52. The Hall–Kier alpha value is -0.780. The lowest BCUT2D eigenvalue weighted by atomic mass is 11.5. The first-order valence-corrected chi connectivity index (χ1v) is 1.20. The molecule has 0 rings (SSSR count). The molecule has 0 spiro atoms. The van der Waals surface area contributed by atoms with Crippen LogP contribution in [0.25, 0.3) is 0 Å². The standard InChI is InChI=1S/CHF2NO3/c2-1(3)6-7-4-5/h1H. The van der Waals surface area contributed by atoms with Crippen molar-refractivity contribution in [2.45, 2.75) is 6.61 Å². The number of rotatable bonds is 3. The zero-order valence-electron chi connectivity index (χ0n) is 3.01. The maximum absolute atomic E-state index is 10.7. The monoisotopic (exact) mass is 113 g/mol. The van der Waals surface area contributed by atoms with Crippen LogP contribution in [0.3, 0.4) is 0 Å². The van der Waals surface area contributed by atoms with Crippen molar-refractivity contribution in [1.29, 1.82) is 0 Å². The molecular formula is CHF2NO3. The van der Waals surface area contributed by atoms with E-state index in [4.69, 9.17) is 4.91 Å². The first kappa shape index (κ1) is 6.22. The fraction of sp³-hybridized carbons (Fsp3) is 1.00. The molecule has 0 unspecified atom stereocenters. The van der Waals surface area contributed by atoms with E-state index >= 15 is 0 Å². The second-order valence-corrected chi connectivity index (χ2v) is 0.506. The van der Waals surface area contributed by atoms with Gasteiger partial charge in [-0.15, -0.1) is 4.91 Å². The van der Waals surface area contributed by atoms with Gasteiger partial charge in [0.15, 0.2) is 5.34 Å². The molecular weight excluding hydrogens is 112 g/mol. The molecule has 0 aromatic heterocycles. The molecule has 0 aliphatic carbocycles. The smallest absolute Gasteiger partial charge is 0.175 e. The Morgan fingerprint density at radius 2 is 2.14 bits per heavy atom. The van der Waals surface area contributed by atoms with E-state index in [1.807, 2.05) is 0 Å². The third kappa shape index (κ3) is 5.22. The molecule has 0 aromatic rings. The second-order valence-electron chi connectivity index (χ2n) is 0.506. The van der Waals surface area contributed by atoms with Crippen molar-refractivity contribution in [3.05, 3.63) is 4.91 Å². The van der Waals surface area contributed by atoms with Gasteiger partial charge in [0, 0.05) is 0 Å². The zero-order chi connectivity index (χ0) is 5.70. The first-order valence-electron chi connectivity index (χ1n) is 1.20. The summed E-state index contributed by atoms with van der Waals surface area (Å²) in [4.78, 5) is 14.6. The Morgan fingerprint density at radius 3 is 2.29 bits per heavy atom. The largest absolute Gasteiger partial charge is 0.384 e. The normalized spacial score (nSPS) is 9.00. The fourth-order valence-electron chi connectivity index (χ4n) is 0.0501. The lowest BCUT2D eigenvalue weighted by Gasteiger charge is -1.88. The van der Waals surface area contributed by atoms with Gasteiger partial charge in [0.2, 0.25) is 0 Å². The van der Waals surface area contributed by atoms with Crippen molar-refractivity contribution >= 4 is 0 Å². The van der Waals surface area contributed by atoms with Crippen LogP contribution in [0.15, 0.2) is 5.34 Å². The van der Waals surface area contributed by atoms with Crippen LogP contribution in [0, 0.1) is 4.91 Å². The average molecular weight is 113 g/mol. The molecule has 0 saturated carbocycles. The van der Waals surface area contributed by atoms with Gasteiger partial charge in [-0.3, -0.25) is 0 Å². The molecule has 0 aromatic carbocycles. The Labute approximate surface area is 36.9 Å². The number of hydrogen-bond donors (Lipinski definition) is 0. The highest BCUT2D eigenvalue weighted by Crippen LogP contribution is 1.93. The van der Waals surface area contributed by atoms with Crippen LogP contribution in [0.2, 0.25) is 0 Å². The Morgan fingerprint density at radius 1 is 1.57 bits per heavy atom. The van der Waals surface area contributed by atoms with Crippen molar-refractivity contribution in [3.63, 3.8) is 0 Å². The lowest BCUT2D eigenvalue weighted by molar-refractivity contribution is -0.386. The van der Waals surface area contributed by atoms with E-state index in [1.54, 1.807) is 0 Å². The Balaban J connectivity index is 2.81. The second kappa shape index (κ2) is 3.41. The van der Waals surface area contributed by atoms with Crippen LogP contribution >= 0.6 is 0 Å². The average Bonchev–Trinajstić information content (AvgIpc) is 1.61. The first-order chi connectivity index (χ1) is 3.27. The summed E-state index contributed by atoms with van der Waals surface area (Å²) in [5.74, 6) is 0. The predicted octanol–water partition coefficient (Wildman–Crippen LogP) is 0.839. The van der Waals surface area contributed by atoms with Gasteiger partial charge in [-0.1, -0.05) is 4.89 Å². The quantitative estimate of drug-likeness (QED) is 0.309. The number of alkyl halides is 2. The number of nitrogens with zero attached hydrogens (tertiary/aromatic N) is 1. The van der Waals surface area contributed by atoms with Crippen LogP contribution in [0.4, 0.5) is 8.78 Å². The summed E-state index contributed by atoms with van der Waals surface area (Å²) in [6, 6.07) is 0. The van der Waals surface area contributed by atoms with Crippen molar-refractivity contribution in [2.24, 2.45) is 5.34 Å². The third-order valence-corrected chi connectivity index (χ3v) is 0.146. The fourth-order valence-corrected chi connectivity index (χ4v) is 0.0501. The van der Waals surface area contributed by atoms with Crippen LogP contribution in [0.1, 0.15) is 0 Å². The van der Waals surface area contributed by atoms with Crippen molar-refractivity contribution < 1.29 is 18.7 Å². The highest BCUT2D eigenvalue weighted by Gasteiger charge is 2.00. The highest BCUT2D eigenvalue weighted by molar-refractivity contribution is 3.93. The van der Waals surface area contributed by atoms with Gasteiger partial charge in [-0.25, -0.2) is 0 Å². The minimum absolute atomic E-state index is 1.52. The van der Waals surface area contributed by atoms with Crippen LogP contribution in [-0.4, -0.2) is 6.61 Å². The van der Waals surface area contributed by atoms with Crippen molar-refractivity contribution in [2.75, 3.05) is 0 Å². The number of hydrogen-bond acceptors (Lipinski definition) is 4. The molecule has 0 aliphatic rings. The summed E-state index contributed by atoms with van der Waals surface area (Å²) in [6.45, 7) is -3.11. The minimum Gasteiger partial charge on any atom is -0.175 e. The van der Waals surface area contributed by atoms with Gasteiger partial charge < -0.3 is 0 Å². The SMILES string of the molecule is O=NOOC(F)F. The molecule has 4 nitrogen and oxygen atoms in total. The van der Waals surface area contributed by atoms with E-state index < -0.39 is 6.61 Å². The zero-order valence-corrected chi connectivity index (χ0v) is 3.01. The topological polar surface area (TPSA) is 47.9 Å². The summed E-state index contributed by atoms with van der Waals surface area (Å²) in [6.07, 6.45) is 0. The summed E-state index contributed by atoms with van der Waals surface area (Å²) in [7, 11) is 0. The molecule has 7 heavy (non-hydrogen) atoms. The van der Waals surface area contributed by atoms with E-state index in [9.17, 15) is 8.78 Å². The van der Waals surface area contributed by atoms with Crippen LogP contribution in [-0.2, 0) is 9.88 Å². The molecule has 0 atom stereocenters. The van der Waals surface area contributed by atoms with Crippen molar-refractivity contribution in [1.82, 2.24) is 0 Å². The maximum Gasteiger partial charge on any atom is 0.384 e. The van der Waals surface area contributed by atoms with Crippen molar-refractivity contribution in [3.8, 4) is 0 Å².